The fourth-order valence-corrected chi connectivity index (χ4v) is 1.98. The van der Waals surface area contributed by atoms with Gasteiger partial charge < -0.3 is 10.6 Å². The number of aromatic amines is 1. The average Bonchev–Trinajstić information content (AvgIpc) is 3.27. The zero-order valence-corrected chi connectivity index (χ0v) is 11.0. The Morgan fingerprint density at radius 3 is 2.95 bits per heavy atom. The Balaban J connectivity index is 1.64. The predicted octanol–water partition coefficient (Wildman–Crippen LogP) is 0.861. The highest BCUT2D eigenvalue weighted by Gasteiger charge is 2.21. The van der Waals surface area contributed by atoms with Gasteiger partial charge in [0.15, 0.2) is 0 Å². The molecule has 1 fully saturated rings. The lowest BCUT2D eigenvalue weighted by Gasteiger charge is -2.07. The molecule has 0 bridgehead atoms. The van der Waals surface area contributed by atoms with Crippen molar-refractivity contribution in [3.8, 4) is 0 Å². The van der Waals surface area contributed by atoms with Gasteiger partial charge in [-0.15, -0.1) is 0 Å². The predicted molar refractivity (Wildman–Crippen MR) is 76.6 cm³/mol. The Bertz CT molecular complexity index is 691. The normalized spacial score (nSPS) is 14.2. The average molecular weight is 272 g/mol. The number of rotatable bonds is 5. The SMILES string of the molecule is O=C(CNc1nc2ccccc2c(=O)[nH]1)NCC1CC1. The molecule has 0 unspecified atom stereocenters. The van der Waals surface area contributed by atoms with Crippen molar-refractivity contribution in [2.45, 2.75) is 12.8 Å². The van der Waals surface area contributed by atoms with Crippen LogP contribution in [0.2, 0.25) is 0 Å². The highest BCUT2D eigenvalue weighted by atomic mass is 16.2. The van der Waals surface area contributed by atoms with Crippen LogP contribution in [0, 0.1) is 5.92 Å². The molecule has 20 heavy (non-hydrogen) atoms. The number of para-hydroxylation sites is 1. The van der Waals surface area contributed by atoms with E-state index in [2.05, 4.69) is 20.6 Å². The summed E-state index contributed by atoms with van der Waals surface area (Å²) in [5.74, 6) is 0.875. The quantitative estimate of drug-likeness (QED) is 0.753. The third-order valence-corrected chi connectivity index (χ3v) is 3.31. The fourth-order valence-electron chi connectivity index (χ4n) is 1.98. The minimum Gasteiger partial charge on any atom is -0.354 e. The molecule has 0 spiro atoms. The van der Waals surface area contributed by atoms with Crippen molar-refractivity contribution in [3.05, 3.63) is 34.6 Å². The maximum absolute atomic E-state index is 11.8. The number of fused-ring (bicyclic) bond motifs is 1. The molecule has 1 aromatic heterocycles. The van der Waals surface area contributed by atoms with Crippen molar-refractivity contribution < 1.29 is 4.79 Å². The summed E-state index contributed by atoms with van der Waals surface area (Å²) >= 11 is 0. The summed E-state index contributed by atoms with van der Waals surface area (Å²) in [5, 5.41) is 6.23. The van der Waals surface area contributed by atoms with Gasteiger partial charge in [0.1, 0.15) is 0 Å². The Morgan fingerprint density at radius 1 is 1.35 bits per heavy atom. The lowest BCUT2D eigenvalue weighted by atomic mass is 10.2. The van der Waals surface area contributed by atoms with E-state index in [0.29, 0.717) is 22.8 Å². The summed E-state index contributed by atoms with van der Waals surface area (Å²) < 4.78 is 0. The number of amides is 1. The lowest BCUT2D eigenvalue weighted by molar-refractivity contribution is -0.119. The first-order chi connectivity index (χ1) is 9.72. The second-order valence-corrected chi connectivity index (χ2v) is 5.03. The highest BCUT2D eigenvalue weighted by Crippen LogP contribution is 2.27. The van der Waals surface area contributed by atoms with Crippen LogP contribution in [0.25, 0.3) is 10.9 Å². The second kappa shape index (κ2) is 5.32. The van der Waals surface area contributed by atoms with Crippen LogP contribution in [0.5, 0.6) is 0 Å². The molecule has 1 aliphatic carbocycles. The highest BCUT2D eigenvalue weighted by molar-refractivity contribution is 5.81. The molecule has 1 amide bonds. The van der Waals surface area contributed by atoms with Gasteiger partial charge in [0.2, 0.25) is 11.9 Å². The zero-order chi connectivity index (χ0) is 13.9. The molecule has 6 heteroatoms. The van der Waals surface area contributed by atoms with Crippen molar-refractivity contribution in [2.75, 3.05) is 18.4 Å². The third-order valence-electron chi connectivity index (χ3n) is 3.31. The number of anilines is 1. The first-order valence-electron chi connectivity index (χ1n) is 6.72. The summed E-state index contributed by atoms with van der Waals surface area (Å²) in [6.07, 6.45) is 2.40. The van der Waals surface area contributed by atoms with Crippen molar-refractivity contribution in [3.63, 3.8) is 0 Å². The maximum Gasteiger partial charge on any atom is 0.260 e. The van der Waals surface area contributed by atoms with Crippen LogP contribution in [0.15, 0.2) is 29.1 Å². The Labute approximate surface area is 115 Å². The standard InChI is InChI=1S/C14H16N4O2/c19-12(15-7-9-5-6-9)8-16-14-17-11-4-2-1-3-10(11)13(20)18-14/h1-4,9H,5-8H2,(H,15,19)(H2,16,17,18,20). The van der Waals surface area contributed by atoms with E-state index in [4.69, 9.17) is 0 Å². The molecule has 0 radical (unpaired) electrons. The Morgan fingerprint density at radius 2 is 2.15 bits per heavy atom. The smallest absolute Gasteiger partial charge is 0.260 e. The zero-order valence-electron chi connectivity index (χ0n) is 11.0. The maximum atomic E-state index is 11.8. The fraction of sp³-hybridized carbons (Fsp3) is 0.357. The largest absolute Gasteiger partial charge is 0.354 e. The first kappa shape index (κ1) is 12.7. The monoisotopic (exact) mass is 272 g/mol. The van der Waals surface area contributed by atoms with E-state index in [1.807, 2.05) is 6.07 Å². The molecule has 0 atom stereocenters. The van der Waals surface area contributed by atoms with Gasteiger partial charge in [0.05, 0.1) is 17.4 Å². The number of aromatic nitrogens is 2. The molecule has 3 N–H and O–H groups in total. The molecule has 3 rings (SSSR count). The molecule has 104 valence electrons. The molecule has 1 aliphatic rings. The first-order valence-corrected chi connectivity index (χ1v) is 6.72. The Kier molecular flexibility index (Phi) is 3.37. The molecule has 0 saturated heterocycles. The second-order valence-electron chi connectivity index (χ2n) is 5.03. The van der Waals surface area contributed by atoms with Crippen molar-refractivity contribution >= 4 is 22.8 Å². The number of H-pyrrole nitrogens is 1. The molecule has 1 aromatic carbocycles. The van der Waals surface area contributed by atoms with Crippen LogP contribution in [-0.2, 0) is 4.79 Å². The summed E-state index contributed by atoms with van der Waals surface area (Å²) in [5.41, 5.74) is 0.397. The van der Waals surface area contributed by atoms with Gasteiger partial charge in [-0.3, -0.25) is 14.6 Å². The molecular weight excluding hydrogens is 256 g/mol. The van der Waals surface area contributed by atoms with Crippen molar-refractivity contribution in [1.29, 1.82) is 0 Å². The van der Waals surface area contributed by atoms with Crippen LogP contribution in [0.1, 0.15) is 12.8 Å². The van der Waals surface area contributed by atoms with Gasteiger partial charge in [-0.2, -0.15) is 0 Å². The molecular formula is C14H16N4O2. The van der Waals surface area contributed by atoms with Crippen LogP contribution >= 0.6 is 0 Å². The van der Waals surface area contributed by atoms with Crippen LogP contribution in [-0.4, -0.2) is 29.0 Å². The summed E-state index contributed by atoms with van der Waals surface area (Å²) in [4.78, 5) is 30.3. The summed E-state index contributed by atoms with van der Waals surface area (Å²) in [6, 6.07) is 7.09. The van der Waals surface area contributed by atoms with Crippen LogP contribution in [0.3, 0.4) is 0 Å². The van der Waals surface area contributed by atoms with E-state index in [1.165, 1.54) is 12.8 Å². The van der Waals surface area contributed by atoms with Crippen LogP contribution < -0.4 is 16.2 Å². The number of hydrogen-bond acceptors (Lipinski definition) is 4. The Hall–Kier alpha value is -2.37. The van der Waals surface area contributed by atoms with Gasteiger partial charge in [-0.25, -0.2) is 4.98 Å². The summed E-state index contributed by atoms with van der Waals surface area (Å²) in [7, 11) is 0. The third kappa shape index (κ3) is 2.96. The van der Waals surface area contributed by atoms with E-state index in [0.717, 1.165) is 6.54 Å². The van der Waals surface area contributed by atoms with E-state index in [1.54, 1.807) is 18.2 Å². The van der Waals surface area contributed by atoms with Crippen molar-refractivity contribution in [1.82, 2.24) is 15.3 Å². The molecule has 2 aromatic rings. The lowest BCUT2D eigenvalue weighted by Crippen LogP contribution is -2.32. The van der Waals surface area contributed by atoms with Gasteiger partial charge in [0.25, 0.3) is 5.56 Å². The van der Waals surface area contributed by atoms with Gasteiger partial charge in [-0.1, -0.05) is 12.1 Å². The number of hydrogen-bond donors (Lipinski definition) is 3. The van der Waals surface area contributed by atoms with E-state index < -0.39 is 0 Å². The number of carbonyl (C=O) groups is 1. The van der Waals surface area contributed by atoms with Gasteiger partial charge in [0, 0.05) is 6.54 Å². The minimum atomic E-state index is -0.212. The summed E-state index contributed by atoms with van der Waals surface area (Å²) in [6.45, 7) is 0.843. The minimum absolute atomic E-state index is 0.0901. The number of carbonyl (C=O) groups excluding carboxylic acids is 1. The van der Waals surface area contributed by atoms with E-state index in [9.17, 15) is 9.59 Å². The number of benzene rings is 1. The van der Waals surface area contributed by atoms with Crippen molar-refractivity contribution in [2.24, 2.45) is 5.92 Å². The van der Waals surface area contributed by atoms with E-state index >= 15 is 0 Å². The number of nitrogens with zero attached hydrogens (tertiary/aromatic N) is 1. The van der Waals surface area contributed by atoms with Gasteiger partial charge >= 0.3 is 0 Å². The number of nitrogens with one attached hydrogen (secondary N) is 3. The van der Waals surface area contributed by atoms with Gasteiger partial charge in [-0.05, 0) is 30.9 Å². The molecule has 1 heterocycles. The molecule has 1 saturated carbocycles. The topological polar surface area (TPSA) is 86.9 Å². The van der Waals surface area contributed by atoms with Crippen LogP contribution in [0.4, 0.5) is 5.95 Å². The van der Waals surface area contributed by atoms with E-state index in [-0.39, 0.29) is 18.0 Å². The molecule has 6 nitrogen and oxygen atoms in total. The molecule has 0 aliphatic heterocycles.